The van der Waals surface area contributed by atoms with Crippen LogP contribution >= 0.6 is 0 Å². The summed E-state index contributed by atoms with van der Waals surface area (Å²) in [5.74, 6) is 1.24. The second-order valence-corrected chi connectivity index (χ2v) is 7.19. The van der Waals surface area contributed by atoms with Gasteiger partial charge in [0, 0.05) is 37.6 Å². The highest BCUT2D eigenvalue weighted by Gasteiger charge is 2.27. The van der Waals surface area contributed by atoms with E-state index in [9.17, 15) is 4.79 Å². The molecule has 1 fully saturated rings. The highest BCUT2D eigenvalue weighted by atomic mass is 16.2. The molecule has 7 nitrogen and oxygen atoms in total. The van der Waals surface area contributed by atoms with Gasteiger partial charge in [-0.1, -0.05) is 19.9 Å². The van der Waals surface area contributed by atoms with E-state index in [4.69, 9.17) is 5.26 Å². The predicted octanol–water partition coefficient (Wildman–Crippen LogP) is 2.15. The molecule has 1 saturated heterocycles. The van der Waals surface area contributed by atoms with Gasteiger partial charge >= 0.3 is 0 Å². The molecule has 0 N–H and O–H groups in total. The summed E-state index contributed by atoms with van der Waals surface area (Å²) >= 11 is 0. The summed E-state index contributed by atoms with van der Waals surface area (Å²) in [6.07, 6.45) is 2.17. The Bertz CT molecular complexity index is 825. The molecule has 2 aromatic heterocycles. The number of rotatable bonds is 4. The summed E-state index contributed by atoms with van der Waals surface area (Å²) in [5, 5.41) is 16.9. The summed E-state index contributed by atoms with van der Waals surface area (Å²) in [6, 6.07) is 9.57. The molecule has 0 bridgehead atoms. The van der Waals surface area contributed by atoms with Crippen molar-refractivity contribution in [1.82, 2.24) is 20.1 Å². The van der Waals surface area contributed by atoms with Gasteiger partial charge in [0.2, 0.25) is 5.91 Å². The van der Waals surface area contributed by atoms with Crippen LogP contribution in [-0.2, 0) is 11.2 Å². The van der Waals surface area contributed by atoms with Crippen LogP contribution in [0.1, 0.15) is 43.6 Å². The lowest BCUT2D eigenvalue weighted by atomic mass is 10.1. The Morgan fingerprint density at radius 1 is 1.26 bits per heavy atom. The summed E-state index contributed by atoms with van der Waals surface area (Å²) in [6.45, 7) is 8.25. The minimum Gasteiger partial charge on any atom is -0.349 e. The van der Waals surface area contributed by atoms with Crippen molar-refractivity contribution >= 4 is 11.7 Å². The lowest BCUT2D eigenvalue weighted by Gasteiger charge is -2.40. The van der Waals surface area contributed by atoms with Crippen LogP contribution in [-0.4, -0.2) is 51.7 Å². The second kappa shape index (κ2) is 8.12. The Labute approximate surface area is 159 Å². The quantitative estimate of drug-likeness (QED) is 0.826. The molecule has 0 spiro atoms. The van der Waals surface area contributed by atoms with E-state index in [2.05, 4.69) is 40.9 Å². The zero-order chi connectivity index (χ0) is 19.4. The number of piperazine rings is 1. The molecular weight excluding hydrogens is 340 g/mol. The molecule has 1 atom stereocenters. The summed E-state index contributed by atoms with van der Waals surface area (Å²) in [4.78, 5) is 21.1. The van der Waals surface area contributed by atoms with Crippen LogP contribution in [0, 0.1) is 11.3 Å². The van der Waals surface area contributed by atoms with E-state index in [0.717, 1.165) is 17.1 Å². The number of carbonyl (C=O) groups is 1. The zero-order valence-corrected chi connectivity index (χ0v) is 16.0. The van der Waals surface area contributed by atoms with Crippen molar-refractivity contribution in [2.45, 2.75) is 39.2 Å². The monoisotopic (exact) mass is 364 g/mol. The first-order valence-corrected chi connectivity index (χ1v) is 9.21. The summed E-state index contributed by atoms with van der Waals surface area (Å²) < 4.78 is 0. The number of hydrogen-bond acceptors (Lipinski definition) is 6. The fourth-order valence-electron chi connectivity index (χ4n) is 3.23. The highest BCUT2D eigenvalue weighted by molar-refractivity contribution is 5.79. The minimum absolute atomic E-state index is 0.117. The molecular formula is C20H24N6O. The first kappa shape index (κ1) is 18.8. The van der Waals surface area contributed by atoms with Crippen LogP contribution in [0.4, 0.5) is 5.82 Å². The maximum atomic E-state index is 12.7. The van der Waals surface area contributed by atoms with Crippen molar-refractivity contribution in [3.05, 3.63) is 47.4 Å². The first-order chi connectivity index (χ1) is 13.0. The molecule has 1 amide bonds. The molecule has 2 aromatic rings. The lowest BCUT2D eigenvalue weighted by Crippen LogP contribution is -2.54. The summed E-state index contributed by atoms with van der Waals surface area (Å²) in [7, 11) is 0. The van der Waals surface area contributed by atoms with Crippen LogP contribution in [0.5, 0.6) is 0 Å². The largest absolute Gasteiger partial charge is 0.349 e. The standard InChI is InChI=1S/C20H24N6O/c1-14(2)18-6-4-16(12-22-18)10-20(27)25-8-9-26(15(3)13-25)19-7-5-17(11-21)23-24-19/h4-7,12,14-15H,8-10,13H2,1-3H3. The highest BCUT2D eigenvalue weighted by Crippen LogP contribution is 2.19. The average Bonchev–Trinajstić information content (AvgIpc) is 2.68. The third-order valence-corrected chi connectivity index (χ3v) is 4.83. The number of hydrogen-bond donors (Lipinski definition) is 0. The van der Waals surface area contributed by atoms with E-state index in [0.29, 0.717) is 37.7 Å². The Morgan fingerprint density at radius 3 is 2.63 bits per heavy atom. The molecule has 1 unspecified atom stereocenters. The molecule has 3 rings (SSSR count). The van der Waals surface area contributed by atoms with Crippen LogP contribution in [0.3, 0.4) is 0 Å². The van der Waals surface area contributed by atoms with Crippen molar-refractivity contribution < 1.29 is 4.79 Å². The average molecular weight is 364 g/mol. The van der Waals surface area contributed by atoms with E-state index >= 15 is 0 Å². The van der Waals surface area contributed by atoms with Gasteiger partial charge in [0.1, 0.15) is 6.07 Å². The van der Waals surface area contributed by atoms with E-state index in [1.165, 1.54) is 0 Å². The smallest absolute Gasteiger partial charge is 0.227 e. The number of nitriles is 1. The fraction of sp³-hybridized carbons (Fsp3) is 0.450. The van der Waals surface area contributed by atoms with Crippen molar-refractivity contribution in [3.8, 4) is 6.07 Å². The van der Waals surface area contributed by atoms with Gasteiger partial charge in [-0.05, 0) is 36.6 Å². The number of carbonyl (C=O) groups excluding carboxylic acids is 1. The molecule has 0 aromatic carbocycles. The normalized spacial score (nSPS) is 17.1. The molecule has 0 aliphatic carbocycles. The maximum Gasteiger partial charge on any atom is 0.227 e. The Hall–Kier alpha value is -3.01. The molecule has 1 aliphatic heterocycles. The SMILES string of the molecule is CC(C)c1ccc(CC(=O)N2CCN(c3ccc(C#N)nn3)C(C)C2)cn1. The fourth-order valence-corrected chi connectivity index (χ4v) is 3.23. The van der Waals surface area contributed by atoms with Crippen molar-refractivity contribution in [2.24, 2.45) is 0 Å². The van der Waals surface area contributed by atoms with Gasteiger partial charge in [-0.15, -0.1) is 10.2 Å². The van der Waals surface area contributed by atoms with E-state index < -0.39 is 0 Å². The first-order valence-electron chi connectivity index (χ1n) is 9.21. The van der Waals surface area contributed by atoms with Gasteiger partial charge in [-0.3, -0.25) is 9.78 Å². The van der Waals surface area contributed by atoms with Crippen molar-refractivity contribution in [2.75, 3.05) is 24.5 Å². The van der Waals surface area contributed by atoms with Crippen molar-refractivity contribution in [1.29, 1.82) is 5.26 Å². The molecule has 0 radical (unpaired) electrons. The molecule has 3 heterocycles. The second-order valence-electron chi connectivity index (χ2n) is 7.19. The minimum atomic E-state index is 0.117. The van der Waals surface area contributed by atoms with Gasteiger partial charge in [-0.25, -0.2) is 0 Å². The number of pyridine rings is 1. The molecule has 7 heteroatoms. The van der Waals surface area contributed by atoms with E-state index in [1.54, 1.807) is 12.3 Å². The molecule has 27 heavy (non-hydrogen) atoms. The molecule has 1 aliphatic rings. The van der Waals surface area contributed by atoms with Gasteiger partial charge in [0.25, 0.3) is 0 Å². The zero-order valence-electron chi connectivity index (χ0n) is 16.0. The van der Waals surface area contributed by atoms with Crippen LogP contribution in [0.15, 0.2) is 30.5 Å². The van der Waals surface area contributed by atoms with Crippen LogP contribution in [0.25, 0.3) is 0 Å². The maximum absolute atomic E-state index is 12.7. The summed E-state index contributed by atoms with van der Waals surface area (Å²) in [5.41, 5.74) is 2.28. The van der Waals surface area contributed by atoms with Crippen molar-refractivity contribution in [3.63, 3.8) is 0 Å². The van der Waals surface area contributed by atoms with E-state index in [-0.39, 0.29) is 11.9 Å². The number of amides is 1. The van der Waals surface area contributed by atoms with Gasteiger partial charge < -0.3 is 9.80 Å². The number of nitrogens with zero attached hydrogens (tertiary/aromatic N) is 6. The third-order valence-electron chi connectivity index (χ3n) is 4.83. The lowest BCUT2D eigenvalue weighted by molar-refractivity contribution is -0.131. The van der Waals surface area contributed by atoms with Crippen LogP contribution in [0.2, 0.25) is 0 Å². The van der Waals surface area contributed by atoms with Gasteiger partial charge in [-0.2, -0.15) is 5.26 Å². The number of aromatic nitrogens is 3. The molecule has 0 saturated carbocycles. The van der Waals surface area contributed by atoms with E-state index in [1.807, 2.05) is 29.2 Å². The van der Waals surface area contributed by atoms with Gasteiger partial charge in [0.15, 0.2) is 11.5 Å². The molecule has 140 valence electrons. The Balaban J connectivity index is 1.59. The Morgan fingerprint density at radius 2 is 2.07 bits per heavy atom. The predicted molar refractivity (Wildman–Crippen MR) is 102 cm³/mol. The topological polar surface area (TPSA) is 86.0 Å². The third kappa shape index (κ3) is 4.40. The Kier molecular flexibility index (Phi) is 5.65. The van der Waals surface area contributed by atoms with Crippen LogP contribution < -0.4 is 4.90 Å². The van der Waals surface area contributed by atoms with Gasteiger partial charge in [0.05, 0.1) is 6.42 Å². The number of anilines is 1.